The molecule has 112 valence electrons. The van der Waals surface area contributed by atoms with Crippen LogP contribution in [0.15, 0.2) is 10.2 Å². The van der Waals surface area contributed by atoms with E-state index in [1.54, 1.807) is 0 Å². The molecule has 0 bridgehead atoms. The molecule has 0 radical (unpaired) electrons. The van der Waals surface area contributed by atoms with Crippen molar-refractivity contribution in [3.8, 4) is 0 Å². The van der Waals surface area contributed by atoms with Crippen LogP contribution in [0.2, 0.25) is 0 Å². The highest BCUT2D eigenvalue weighted by atomic mass is 15.3. The fourth-order valence-corrected chi connectivity index (χ4v) is 2.52. The van der Waals surface area contributed by atoms with Gasteiger partial charge < -0.3 is 0 Å². The molecule has 0 aliphatic carbocycles. The SMILES string of the molecule is Cc1c(C)c(C)c(N=Nc2nn(C)c(C)c2C)c(C)c1C. The summed E-state index contributed by atoms with van der Waals surface area (Å²) in [6.07, 6.45) is 0. The first-order valence-corrected chi connectivity index (χ1v) is 7.24. The molecule has 0 amide bonds. The van der Waals surface area contributed by atoms with Crippen LogP contribution >= 0.6 is 0 Å². The minimum atomic E-state index is 0.699. The Bertz CT molecular complexity index is 707. The van der Waals surface area contributed by atoms with Crippen LogP contribution in [0.25, 0.3) is 0 Å². The summed E-state index contributed by atoms with van der Waals surface area (Å²) >= 11 is 0. The Hall–Kier alpha value is -1.97. The minimum absolute atomic E-state index is 0.699. The highest BCUT2D eigenvalue weighted by Crippen LogP contribution is 2.33. The summed E-state index contributed by atoms with van der Waals surface area (Å²) in [6, 6.07) is 0. The van der Waals surface area contributed by atoms with Gasteiger partial charge in [-0.15, -0.1) is 10.2 Å². The molecule has 0 atom stereocenters. The van der Waals surface area contributed by atoms with Gasteiger partial charge in [0.2, 0.25) is 0 Å². The highest BCUT2D eigenvalue weighted by Gasteiger charge is 2.13. The number of hydrogen-bond acceptors (Lipinski definition) is 3. The Kier molecular flexibility index (Phi) is 3.99. The summed E-state index contributed by atoms with van der Waals surface area (Å²) in [5.41, 5.74) is 9.49. The maximum absolute atomic E-state index is 4.50. The van der Waals surface area contributed by atoms with Gasteiger partial charge in [0.1, 0.15) is 0 Å². The molecule has 4 heteroatoms. The van der Waals surface area contributed by atoms with Crippen molar-refractivity contribution in [3.63, 3.8) is 0 Å². The number of aryl methyl sites for hydroxylation is 1. The Morgan fingerprint density at radius 3 is 1.57 bits per heavy atom. The van der Waals surface area contributed by atoms with E-state index in [9.17, 15) is 0 Å². The van der Waals surface area contributed by atoms with Crippen molar-refractivity contribution >= 4 is 11.5 Å². The molecular weight excluding hydrogens is 260 g/mol. The molecule has 0 saturated carbocycles. The summed E-state index contributed by atoms with van der Waals surface area (Å²) in [5, 5.41) is 13.3. The van der Waals surface area contributed by atoms with Crippen molar-refractivity contribution in [1.82, 2.24) is 9.78 Å². The van der Waals surface area contributed by atoms with E-state index in [-0.39, 0.29) is 0 Å². The predicted molar refractivity (Wildman–Crippen MR) is 87.0 cm³/mol. The molecule has 2 rings (SSSR count). The third-order valence-corrected chi connectivity index (χ3v) is 4.81. The fraction of sp³-hybridized carbons (Fsp3) is 0.471. The molecule has 2 aromatic rings. The maximum atomic E-state index is 4.50. The standard InChI is InChI=1S/C17H24N4/c1-9-10(2)12(4)16(13(5)11(9)3)18-19-17-14(6)15(7)21(8)20-17/h1-8H3. The van der Waals surface area contributed by atoms with Crippen LogP contribution in [0, 0.1) is 48.5 Å². The first-order valence-electron chi connectivity index (χ1n) is 7.24. The zero-order valence-electron chi connectivity index (χ0n) is 14.3. The number of rotatable bonds is 2. The van der Waals surface area contributed by atoms with Crippen molar-refractivity contribution in [2.75, 3.05) is 0 Å². The molecule has 1 aromatic heterocycles. The van der Waals surface area contributed by atoms with E-state index in [1.807, 2.05) is 25.6 Å². The quantitative estimate of drug-likeness (QED) is 0.716. The average molecular weight is 284 g/mol. The summed E-state index contributed by atoms with van der Waals surface area (Å²) in [6.45, 7) is 14.7. The molecule has 0 saturated heterocycles. The normalized spacial score (nSPS) is 11.6. The summed E-state index contributed by atoms with van der Waals surface area (Å²) in [5.74, 6) is 0.699. The van der Waals surface area contributed by atoms with Gasteiger partial charge in [0.15, 0.2) is 5.82 Å². The predicted octanol–water partition coefficient (Wildman–Crippen LogP) is 4.99. The molecule has 0 fully saturated rings. The second-order valence-corrected chi connectivity index (χ2v) is 5.83. The highest BCUT2D eigenvalue weighted by molar-refractivity contribution is 5.61. The van der Waals surface area contributed by atoms with E-state index < -0.39 is 0 Å². The molecule has 1 aromatic carbocycles. The lowest BCUT2D eigenvalue weighted by molar-refractivity contribution is 0.738. The molecule has 0 unspecified atom stereocenters. The van der Waals surface area contributed by atoms with Gasteiger partial charge >= 0.3 is 0 Å². The third-order valence-electron chi connectivity index (χ3n) is 4.81. The smallest absolute Gasteiger partial charge is 0.198 e. The molecule has 0 aliphatic rings. The summed E-state index contributed by atoms with van der Waals surface area (Å²) in [7, 11) is 1.93. The molecule has 1 heterocycles. The van der Waals surface area contributed by atoms with Gasteiger partial charge in [0, 0.05) is 18.3 Å². The van der Waals surface area contributed by atoms with Crippen molar-refractivity contribution < 1.29 is 0 Å². The molecule has 0 aliphatic heterocycles. The van der Waals surface area contributed by atoms with E-state index in [4.69, 9.17) is 0 Å². The monoisotopic (exact) mass is 284 g/mol. The number of nitrogens with zero attached hydrogens (tertiary/aromatic N) is 4. The van der Waals surface area contributed by atoms with Crippen LogP contribution in [0.5, 0.6) is 0 Å². The van der Waals surface area contributed by atoms with E-state index in [2.05, 4.69) is 49.9 Å². The van der Waals surface area contributed by atoms with Crippen LogP contribution in [0.3, 0.4) is 0 Å². The van der Waals surface area contributed by atoms with Crippen LogP contribution in [0.4, 0.5) is 11.5 Å². The molecule has 0 N–H and O–H groups in total. The third kappa shape index (κ3) is 2.50. The average Bonchev–Trinajstić information content (AvgIpc) is 2.70. The zero-order valence-corrected chi connectivity index (χ0v) is 14.3. The lowest BCUT2D eigenvalue weighted by atomic mass is 9.93. The largest absolute Gasteiger partial charge is 0.270 e. The van der Waals surface area contributed by atoms with E-state index in [1.165, 1.54) is 27.8 Å². The summed E-state index contributed by atoms with van der Waals surface area (Å²) < 4.78 is 1.84. The number of benzene rings is 1. The molecule has 4 nitrogen and oxygen atoms in total. The van der Waals surface area contributed by atoms with Gasteiger partial charge in [0.25, 0.3) is 0 Å². The lowest BCUT2D eigenvalue weighted by Gasteiger charge is -2.14. The van der Waals surface area contributed by atoms with Crippen LogP contribution < -0.4 is 0 Å². The number of azo groups is 1. The zero-order chi connectivity index (χ0) is 15.9. The first kappa shape index (κ1) is 15.4. The van der Waals surface area contributed by atoms with Gasteiger partial charge in [-0.3, -0.25) is 4.68 Å². The fourth-order valence-electron chi connectivity index (χ4n) is 2.52. The Morgan fingerprint density at radius 1 is 0.667 bits per heavy atom. The van der Waals surface area contributed by atoms with Gasteiger partial charge in [-0.1, -0.05) is 0 Å². The topological polar surface area (TPSA) is 42.5 Å². The number of hydrogen-bond donors (Lipinski definition) is 0. The second-order valence-electron chi connectivity index (χ2n) is 5.83. The second kappa shape index (κ2) is 5.43. The maximum Gasteiger partial charge on any atom is 0.198 e. The van der Waals surface area contributed by atoms with Crippen molar-refractivity contribution in [3.05, 3.63) is 39.1 Å². The van der Waals surface area contributed by atoms with Gasteiger partial charge in [0.05, 0.1) is 5.69 Å². The molecule has 21 heavy (non-hydrogen) atoms. The first-order chi connectivity index (χ1) is 9.75. The van der Waals surface area contributed by atoms with Gasteiger partial charge in [-0.2, -0.15) is 5.10 Å². The minimum Gasteiger partial charge on any atom is -0.270 e. The van der Waals surface area contributed by atoms with Gasteiger partial charge in [-0.05, 0) is 76.3 Å². The van der Waals surface area contributed by atoms with Crippen LogP contribution in [-0.2, 0) is 7.05 Å². The van der Waals surface area contributed by atoms with E-state index >= 15 is 0 Å². The lowest BCUT2D eigenvalue weighted by Crippen LogP contribution is -1.95. The van der Waals surface area contributed by atoms with E-state index in [0.29, 0.717) is 5.82 Å². The van der Waals surface area contributed by atoms with Crippen molar-refractivity contribution in [1.29, 1.82) is 0 Å². The summed E-state index contributed by atoms with van der Waals surface area (Å²) in [4.78, 5) is 0. The van der Waals surface area contributed by atoms with Crippen molar-refractivity contribution in [2.24, 2.45) is 17.3 Å². The Balaban J connectivity index is 2.54. The Labute approximate surface area is 126 Å². The number of aromatic nitrogens is 2. The van der Waals surface area contributed by atoms with E-state index in [0.717, 1.165) is 16.9 Å². The molecule has 0 spiro atoms. The van der Waals surface area contributed by atoms with Crippen LogP contribution in [0.1, 0.15) is 39.1 Å². The van der Waals surface area contributed by atoms with Crippen LogP contribution in [-0.4, -0.2) is 9.78 Å². The molecular formula is C17H24N4. The van der Waals surface area contributed by atoms with Crippen molar-refractivity contribution in [2.45, 2.75) is 48.5 Å². The van der Waals surface area contributed by atoms with Gasteiger partial charge in [-0.25, -0.2) is 0 Å². The Morgan fingerprint density at radius 2 is 1.14 bits per heavy atom.